The molecule has 0 fully saturated rings. The average molecular weight is 317 g/mol. The Morgan fingerprint density at radius 1 is 1.22 bits per heavy atom. The van der Waals surface area contributed by atoms with E-state index in [0.29, 0.717) is 18.7 Å². The molecule has 5 heteroatoms. The standard InChI is InChI=1S/C18H27N3O2/c1-17(2,3)21(16(22)23-18(4,5)6)12-11-20-15-10-8-7-9-14(15)13-19/h7-10,20H,11-12H2,1-6H3. The second-order valence-electron chi connectivity index (χ2n) is 7.39. The molecule has 0 saturated carbocycles. The maximum atomic E-state index is 12.4. The van der Waals surface area contributed by atoms with Crippen LogP contribution in [0.25, 0.3) is 0 Å². The van der Waals surface area contributed by atoms with Crippen molar-refractivity contribution < 1.29 is 9.53 Å². The Morgan fingerprint density at radius 2 is 1.83 bits per heavy atom. The van der Waals surface area contributed by atoms with Crippen molar-refractivity contribution in [1.82, 2.24) is 4.90 Å². The van der Waals surface area contributed by atoms with Gasteiger partial charge in [-0.15, -0.1) is 0 Å². The number of amides is 1. The molecule has 1 aromatic rings. The van der Waals surface area contributed by atoms with E-state index in [1.165, 1.54) is 0 Å². The summed E-state index contributed by atoms with van der Waals surface area (Å²) in [7, 11) is 0. The average Bonchev–Trinajstić information content (AvgIpc) is 2.40. The van der Waals surface area contributed by atoms with Gasteiger partial charge in [0.25, 0.3) is 0 Å². The predicted octanol–water partition coefficient (Wildman–Crippen LogP) is 4.01. The molecule has 0 aliphatic carbocycles. The summed E-state index contributed by atoms with van der Waals surface area (Å²) in [6, 6.07) is 9.47. The highest BCUT2D eigenvalue weighted by molar-refractivity contribution is 5.69. The van der Waals surface area contributed by atoms with E-state index in [2.05, 4.69) is 11.4 Å². The van der Waals surface area contributed by atoms with Crippen molar-refractivity contribution in [2.75, 3.05) is 18.4 Å². The topological polar surface area (TPSA) is 65.4 Å². The lowest BCUT2D eigenvalue weighted by molar-refractivity contribution is 0.00749. The number of rotatable bonds is 4. The number of nitriles is 1. The van der Waals surface area contributed by atoms with Gasteiger partial charge in [-0.2, -0.15) is 5.26 Å². The molecule has 23 heavy (non-hydrogen) atoms. The van der Waals surface area contributed by atoms with Crippen molar-refractivity contribution in [3.63, 3.8) is 0 Å². The van der Waals surface area contributed by atoms with Crippen LogP contribution >= 0.6 is 0 Å². The first kappa shape index (κ1) is 18.8. The Hall–Kier alpha value is -2.22. The van der Waals surface area contributed by atoms with Crippen molar-refractivity contribution in [3.05, 3.63) is 29.8 Å². The molecule has 0 atom stereocenters. The third-order valence-electron chi connectivity index (χ3n) is 3.12. The molecule has 0 aliphatic rings. The van der Waals surface area contributed by atoms with Gasteiger partial charge in [-0.1, -0.05) is 12.1 Å². The smallest absolute Gasteiger partial charge is 0.410 e. The fourth-order valence-electron chi connectivity index (χ4n) is 2.05. The van der Waals surface area contributed by atoms with Crippen LogP contribution in [0, 0.1) is 11.3 Å². The molecule has 126 valence electrons. The van der Waals surface area contributed by atoms with Crippen LogP contribution in [0.3, 0.4) is 0 Å². The lowest BCUT2D eigenvalue weighted by Gasteiger charge is -2.37. The van der Waals surface area contributed by atoms with Crippen molar-refractivity contribution in [2.24, 2.45) is 0 Å². The SMILES string of the molecule is CC(C)(C)OC(=O)N(CCNc1ccccc1C#N)C(C)(C)C. The summed E-state index contributed by atoms with van der Waals surface area (Å²) in [6.07, 6.45) is -0.333. The molecule has 0 radical (unpaired) electrons. The first-order valence-corrected chi connectivity index (χ1v) is 7.78. The Labute approximate surface area is 139 Å². The molecule has 1 aromatic carbocycles. The maximum Gasteiger partial charge on any atom is 0.410 e. The number of carbonyl (C=O) groups excluding carboxylic acids is 1. The number of carbonyl (C=O) groups is 1. The van der Waals surface area contributed by atoms with Gasteiger partial charge in [0.1, 0.15) is 11.7 Å². The molecular weight excluding hydrogens is 290 g/mol. The van der Waals surface area contributed by atoms with Crippen LogP contribution in [-0.4, -0.2) is 35.2 Å². The third kappa shape index (κ3) is 6.19. The summed E-state index contributed by atoms with van der Waals surface area (Å²) in [5, 5.41) is 12.3. The molecule has 0 aliphatic heterocycles. The van der Waals surface area contributed by atoms with Crippen LogP contribution < -0.4 is 5.32 Å². The summed E-state index contributed by atoms with van der Waals surface area (Å²) in [5.41, 5.74) is 0.486. The second kappa shape index (κ2) is 7.36. The number of benzene rings is 1. The summed E-state index contributed by atoms with van der Waals surface area (Å²) in [4.78, 5) is 14.1. The van der Waals surface area contributed by atoms with E-state index in [1.54, 1.807) is 11.0 Å². The molecule has 1 N–H and O–H groups in total. The minimum absolute atomic E-state index is 0.333. The van der Waals surface area contributed by atoms with Gasteiger partial charge in [0.05, 0.1) is 11.3 Å². The fourth-order valence-corrected chi connectivity index (χ4v) is 2.05. The fraction of sp³-hybridized carbons (Fsp3) is 0.556. The van der Waals surface area contributed by atoms with Crippen LogP contribution in [-0.2, 0) is 4.74 Å². The molecule has 0 bridgehead atoms. The number of hydrogen-bond donors (Lipinski definition) is 1. The molecule has 5 nitrogen and oxygen atoms in total. The van der Waals surface area contributed by atoms with Gasteiger partial charge < -0.3 is 15.0 Å². The van der Waals surface area contributed by atoms with E-state index < -0.39 is 5.60 Å². The Balaban J connectivity index is 2.73. The molecule has 0 saturated heterocycles. The van der Waals surface area contributed by atoms with Crippen molar-refractivity contribution in [2.45, 2.75) is 52.7 Å². The van der Waals surface area contributed by atoms with Crippen LogP contribution in [0.4, 0.5) is 10.5 Å². The minimum atomic E-state index is -0.526. The summed E-state index contributed by atoms with van der Waals surface area (Å²) in [5.74, 6) is 0. The van der Waals surface area contributed by atoms with Crippen LogP contribution in [0.15, 0.2) is 24.3 Å². The van der Waals surface area contributed by atoms with Gasteiger partial charge in [-0.3, -0.25) is 0 Å². The van der Waals surface area contributed by atoms with E-state index in [1.807, 2.05) is 59.7 Å². The highest BCUT2D eigenvalue weighted by atomic mass is 16.6. The number of ether oxygens (including phenoxy) is 1. The van der Waals surface area contributed by atoms with Crippen LogP contribution in [0.5, 0.6) is 0 Å². The zero-order chi connectivity index (χ0) is 17.7. The van der Waals surface area contributed by atoms with Gasteiger partial charge in [0, 0.05) is 18.6 Å². The van der Waals surface area contributed by atoms with Crippen LogP contribution in [0.2, 0.25) is 0 Å². The number of para-hydroxylation sites is 1. The van der Waals surface area contributed by atoms with Gasteiger partial charge in [-0.05, 0) is 53.7 Å². The lowest BCUT2D eigenvalue weighted by atomic mass is 10.1. The Bertz CT molecular complexity index is 577. The lowest BCUT2D eigenvalue weighted by Crippen LogP contribution is -2.49. The quantitative estimate of drug-likeness (QED) is 0.911. The highest BCUT2D eigenvalue weighted by Gasteiger charge is 2.30. The van der Waals surface area contributed by atoms with E-state index in [4.69, 9.17) is 10.00 Å². The van der Waals surface area contributed by atoms with Crippen molar-refractivity contribution in [1.29, 1.82) is 5.26 Å². The summed E-state index contributed by atoms with van der Waals surface area (Å²) in [6.45, 7) is 12.5. The first-order chi connectivity index (χ1) is 10.5. The van der Waals surface area contributed by atoms with Gasteiger partial charge in [-0.25, -0.2) is 4.79 Å². The van der Waals surface area contributed by atoms with Gasteiger partial charge in [0.2, 0.25) is 0 Å². The van der Waals surface area contributed by atoms with Gasteiger partial charge in [0.15, 0.2) is 0 Å². The van der Waals surface area contributed by atoms with E-state index in [-0.39, 0.29) is 11.6 Å². The number of nitrogens with one attached hydrogen (secondary N) is 1. The normalized spacial score (nSPS) is 11.5. The largest absolute Gasteiger partial charge is 0.444 e. The molecule has 1 rings (SSSR count). The number of anilines is 1. The van der Waals surface area contributed by atoms with Crippen molar-refractivity contribution >= 4 is 11.8 Å². The number of hydrogen-bond acceptors (Lipinski definition) is 4. The van der Waals surface area contributed by atoms with Gasteiger partial charge >= 0.3 is 6.09 Å². The molecule has 0 unspecified atom stereocenters. The maximum absolute atomic E-state index is 12.4. The zero-order valence-corrected chi connectivity index (χ0v) is 14.9. The second-order valence-corrected chi connectivity index (χ2v) is 7.39. The number of nitrogens with zero attached hydrogens (tertiary/aromatic N) is 2. The van der Waals surface area contributed by atoms with E-state index >= 15 is 0 Å². The summed E-state index contributed by atoms with van der Waals surface area (Å²) >= 11 is 0. The first-order valence-electron chi connectivity index (χ1n) is 7.78. The zero-order valence-electron chi connectivity index (χ0n) is 14.9. The highest BCUT2D eigenvalue weighted by Crippen LogP contribution is 2.19. The monoisotopic (exact) mass is 317 g/mol. The molecule has 1 amide bonds. The molecule has 0 heterocycles. The minimum Gasteiger partial charge on any atom is -0.444 e. The predicted molar refractivity (Wildman–Crippen MR) is 92.3 cm³/mol. The Morgan fingerprint density at radius 3 is 2.35 bits per heavy atom. The van der Waals surface area contributed by atoms with Crippen LogP contribution in [0.1, 0.15) is 47.1 Å². The molecule has 0 spiro atoms. The Kier molecular flexibility index (Phi) is 6.03. The molecular formula is C18H27N3O2. The van der Waals surface area contributed by atoms with E-state index in [0.717, 1.165) is 5.69 Å². The van der Waals surface area contributed by atoms with Crippen molar-refractivity contribution in [3.8, 4) is 6.07 Å². The summed E-state index contributed by atoms with van der Waals surface area (Å²) < 4.78 is 5.48. The van der Waals surface area contributed by atoms with E-state index in [9.17, 15) is 4.79 Å². The molecule has 0 aromatic heterocycles. The third-order valence-corrected chi connectivity index (χ3v) is 3.12.